The van der Waals surface area contributed by atoms with E-state index in [0.717, 1.165) is 43.7 Å². The monoisotopic (exact) mass is 313 g/mol. The number of hydrogen-bond acceptors (Lipinski definition) is 4. The molecule has 120 valence electrons. The molecular weight excluding hydrogens is 286 g/mol. The van der Waals surface area contributed by atoms with Gasteiger partial charge in [0.15, 0.2) is 0 Å². The Balaban J connectivity index is 1.84. The van der Waals surface area contributed by atoms with Crippen LogP contribution in [-0.2, 0) is 9.59 Å². The summed E-state index contributed by atoms with van der Waals surface area (Å²) in [5.41, 5.74) is -0.367. The molecule has 1 atom stereocenters. The Bertz CT molecular complexity index is 375. The topological polar surface area (TPSA) is 61.4 Å². The third kappa shape index (κ3) is 4.36. The standard InChI is InChI=1S/C15H27N3O2S/c1-18(2)14(20)15(5-3-4-6-15)11-17-13(19)9-12-10-21-8-7-16-12/h12,16H,3-11H2,1-2H3,(H,17,19). The predicted molar refractivity (Wildman–Crippen MR) is 86.3 cm³/mol. The molecule has 1 unspecified atom stereocenters. The summed E-state index contributed by atoms with van der Waals surface area (Å²) in [5.74, 6) is 2.34. The molecule has 1 aliphatic carbocycles. The first-order valence-electron chi connectivity index (χ1n) is 7.83. The smallest absolute Gasteiger partial charge is 0.230 e. The minimum atomic E-state index is -0.367. The van der Waals surface area contributed by atoms with E-state index in [1.165, 1.54) is 0 Å². The van der Waals surface area contributed by atoms with Gasteiger partial charge in [-0.2, -0.15) is 11.8 Å². The van der Waals surface area contributed by atoms with Crippen molar-refractivity contribution in [1.82, 2.24) is 15.5 Å². The molecule has 0 bridgehead atoms. The third-order valence-corrected chi connectivity index (χ3v) is 5.61. The van der Waals surface area contributed by atoms with Crippen LogP contribution in [0.1, 0.15) is 32.1 Å². The number of rotatable bonds is 5. The van der Waals surface area contributed by atoms with Crippen molar-refractivity contribution < 1.29 is 9.59 Å². The number of amides is 2. The minimum absolute atomic E-state index is 0.0628. The molecule has 6 heteroatoms. The molecule has 21 heavy (non-hydrogen) atoms. The molecule has 2 fully saturated rings. The lowest BCUT2D eigenvalue weighted by Crippen LogP contribution is -2.48. The lowest BCUT2D eigenvalue weighted by molar-refractivity contribution is -0.139. The second-order valence-electron chi connectivity index (χ2n) is 6.39. The maximum absolute atomic E-state index is 12.4. The second kappa shape index (κ2) is 7.49. The van der Waals surface area contributed by atoms with Crippen LogP contribution >= 0.6 is 11.8 Å². The summed E-state index contributed by atoms with van der Waals surface area (Å²) in [7, 11) is 3.60. The lowest BCUT2D eigenvalue weighted by Gasteiger charge is -2.31. The zero-order valence-electron chi connectivity index (χ0n) is 13.1. The van der Waals surface area contributed by atoms with Crippen LogP contribution in [0.15, 0.2) is 0 Å². The Morgan fingerprint density at radius 1 is 1.33 bits per heavy atom. The quantitative estimate of drug-likeness (QED) is 0.790. The van der Waals surface area contributed by atoms with Gasteiger partial charge in [-0.25, -0.2) is 0 Å². The number of hydrogen-bond donors (Lipinski definition) is 2. The van der Waals surface area contributed by atoms with Gasteiger partial charge in [0, 0.05) is 51.2 Å². The predicted octanol–water partition coefficient (Wildman–Crippen LogP) is 0.846. The van der Waals surface area contributed by atoms with Gasteiger partial charge in [-0.15, -0.1) is 0 Å². The van der Waals surface area contributed by atoms with E-state index in [0.29, 0.717) is 13.0 Å². The Labute approximate surface area is 131 Å². The van der Waals surface area contributed by atoms with Gasteiger partial charge in [0.05, 0.1) is 5.41 Å². The van der Waals surface area contributed by atoms with Crippen molar-refractivity contribution in [3.05, 3.63) is 0 Å². The Kier molecular flexibility index (Phi) is 5.93. The fourth-order valence-electron chi connectivity index (χ4n) is 3.31. The maximum atomic E-state index is 12.4. The van der Waals surface area contributed by atoms with Crippen LogP contribution in [-0.4, -0.2) is 61.4 Å². The number of carbonyl (C=O) groups is 2. The van der Waals surface area contributed by atoms with Crippen LogP contribution in [0.2, 0.25) is 0 Å². The molecular formula is C15H27N3O2S. The van der Waals surface area contributed by atoms with Crippen molar-refractivity contribution in [3.63, 3.8) is 0 Å². The molecule has 0 aromatic carbocycles. The van der Waals surface area contributed by atoms with Gasteiger partial charge in [-0.1, -0.05) is 12.8 Å². The van der Waals surface area contributed by atoms with Crippen molar-refractivity contribution >= 4 is 23.6 Å². The van der Waals surface area contributed by atoms with Crippen LogP contribution in [0, 0.1) is 5.41 Å². The number of nitrogens with zero attached hydrogens (tertiary/aromatic N) is 1. The SMILES string of the molecule is CN(C)C(=O)C1(CNC(=O)CC2CSCCN2)CCCC1. The van der Waals surface area contributed by atoms with E-state index in [-0.39, 0.29) is 23.3 Å². The lowest BCUT2D eigenvalue weighted by atomic mass is 9.84. The first-order valence-corrected chi connectivity index (χ1v) is 8.98. The molecule has 1 heterocycles. The molecule has 2 amide bonds. The summed E-state index contributed by atoms with van der Waals surface area (Å²) in [4.78, 5) is 26.2. The Morgan fingerprint density at radius 3 is 2.62 bits per heavy atom. The van der Waals surface area contributed by atoms with E-state index >= 15 is 0 Å². The van der Waals surface area contributed by atoms with Crippen molar-refractivity contribution in [2.24, 2.45) is 5.41 Å². The first-order chi connectivity index (χ1) is 10.0. The zero-order valence-corrected chi connectivity index (χ0v) is 13.9. The Hall–Kier alpha value is -0.750. The minimum Gasteiger partial charge on any atom is -0.355 e. The van der Waals surface area contributed by atoms with E-state index in [4.69, 9.17) is 0 Å². The van der Waals surface area contributed by atoms with Gasteiger partial charge in [0.1, 0.15) is 0 Å². The van der Waals surface area contributed by atoms with Gasteiger partial charge < -0.3 is 15.5 Å². The molecule has 2 rings (SSSR count). The molecule has 1 saturated carbocycles. The molecule has 5 nitrogen and oxygen atoms in total. The summed E-state index contributed by atoms with van der Waals surface area (Å²) >= 11 is 1.89. The van der Waals surface area contributed by atoms with Crippen molar-refractivity contribution in [1.29, 1.82) is 0 Å². The van der Waals surface area contributed by atoms with E-state index in [1.54, 1.807) is 19.0 Å². The summed E-state index contributed by atoms with van der Waals surface area (Å²) in [6.45, 7) is 1.47. The Morgan fingerprint density at radius 2 is 2.05 bits per heavy atom. The number of thioether (sulfide) groups is 1. The fraction of sp³-hybridized carbons (Fsp3) is 0.867. The third-order valence-electron chi connectivity index (χ3n) is 4.47. The summed E-state index contributed by atoms with van der Waals surface area (Å²) in [6.07, 6.45) is 4.45. The van der Waals surface area contributed by atoms with Crippen LogP contribution in [0.5, 0.6) is 0 Å². The summed E-state index contributed by atoms with van der Waals surface area (Å²) in [6, 6.07) is 0.271. The highest BCUT2D eigenvalue weighted by Gasteiger charge is 2.42. The van der Waals surface area contributed by atoms with Gasteiger partial charge in [-0.05, 0) is 12.8 Å². The van der Waals surface area contributed by atoms with Crippen LogP contribution in [0.4, 0.5) is 0 Å². The maximum Gasteiger partial charge on any atom is 0.230 e. The second-order valence-corrected chi connectivity index (χ2v) is 7.54. The average Bonchev–Trinajstić information content (AvgIpc) is 2.95. The van der Waals surface area contributed by atoms with Gasteiger partial charge in [0.25, 0.3) is 0 Å². The molecule has 0 aromatic heterocycles. The van der Waals surface area contributed by atoms with Crippen LogP contribution < -0.4 is 10.6 Å². The van der Waals surface area contributed by atoms with Gasteiger partial charge in [0.2, 0.25) is 11.8 Å². The largest absolute Gasteiger partial charge is 0.355 e. The highest BCUT2D eigenvalue weighted by atomic mass is 32.2. The summed E-state index contributed by atoms with van der Waals surface area (Å²) in [5, 5.41) is 6.38. The van der Waals surface area contributed by atoms with Crippen molar-refractivity contribution in [3.8, 4) is 0 Å². The van der Waals surface area contributed by atoms with E-state index in [1.807, 2.05) is 11.8 Å². The molecule has 0 aromatic rings. The molecule has 0 spiro atoms. The normalized spacial score (nSPS) is 24.6. The molecule has 2 aliphatic rings. The van der Waals surface area contributed by atoms with E-state index in [2.05, 4.69) is 10.6 Å². The molecule has 2 N–H and O–H groups in total. The average molecular weight is 313 g/mol. The molecule has 1 aliphatic heterocycles. The molecule has 0 radical (unpaired) electrons. The van der Waals surface area contributed by atoms with Crippen molar-refractivity contribution in [2.75, 3.05) is 38.7 Å². The summed E-state index contributed by atoms with van der Waals surface area (Å²) < 4.78 is 0. The molecule has 1 saturated heterocycles. The fourth-order valence-corrected chi connectivity index (χ4v) is 4.26. The van der Waals surface area contributed by atoms with E-state index < -0.39 is 0 Å². The van der Waals surface area contributed by atoms with Crippen LogP contribution in [0.25, 0.3) is 0 Å². The van der Waals surface area contributed by atoms with Crippen molar-refractivity contribution in [2.45, 2.75) is 38.1 Å². The van der Waals surface area contributed by atoms with Gasteiger partial charge >= 0.3 is 0 Å². The van der Waals surface area contributed by atoms with Gasteiger partial charge in [-0.3, -0.25) is 9.59 Å². The highest BCUT2D eigenvalue weighted by molar-refractivity contribution is 7.99. The zero-order chi connectivity index (χ0) is 15.3. The first kappa shape index (κ1) is 16.6. The van der Waals surface area contributed by atoms with E-state index in [9.17, 15) is 9.59 Å². The highest BCUT2D eigenvalue weighted by Crippen LogP contribution is 2.38. The van der Waals surface area contributed by atoms with Crippen LogP contribution in [0.3, 0.4) is 0 Å². The number of carbonyl (C=O) groups excluding carboxylic acids is 2. The number of nitrogens with one attached hydrogen (secondary N) is 2.